The number of nitrogens with zero attached hydrogens (tertiary/aromatic N) is 1. The van der Waals surface area contributed by atoms with E-state index in [0.29, 0.717) is 0 Å². The molecule has 0 fully saturated rings. The first kappa shape index (κ1) is 7.15. The highest BCUT2D eigenvalue weighted by molar-refractivity contribution is 7.97. The number of thiol groups is 1. The van der Waals surface area contributed by atoms with Crippen molar-refractivity contribution in [3.63, 3.8) is 0 Å². The summed E-state index contributed by atoms with van der Waals surface area (Å²) in [6.07, 6.45) is 0. The third kappa shape index (κ3) is 0.864. The molecule has 0 bridgehead atoms. The van der Waals surface area contributed by atoms with Crippen LogP contribution in [-0.2, 0) is 0 Å². The molecule has 0 saturated carbocycles. The summed E-state index contributed by atoms with van der Waals surface area (Å²) in [4.78, 5) is 4.38. The number of hydrogen-bond donors (Lipinski definition) is 1. The van der Waals surface area contributed by atoms with E-state index in [9.17, 15) is 0 Å². The minimum atomic E-state index is 0.826. The standard InChI is InChI=1S/C11H7NS/c13-11-8-5-1-3-7-4-2-6-9(12-11)10(7)8/h1-6H,(H,12,13). The van der Waals surface area contributed by atoms with E-state index in [0.717, 1.165) is 16.3 Å². The molecular weight excluding hydrogens is 178 g/mol. The fraction of sp³-hybridized carbons (Fsp3) is 0. The zero-order chi connectivity index (χ0) is 8.84. The smallest absolute Gasteiger partial charge is 0.102 e. The van der Waals surface area contributed by atoms with Crippen molar-refractivity contribution < 1.29 is 0 Å². The van der Waals surface area contributed by atoms with Crippen LogP contribution in [0.25, 0.3) is 10.8 Å². The van der Waals surface area contributed by atoms with Gasteiger partial charge in [-0.2, -0.15) is 0 Å². The maximum atomic E-state index is 4.38. The molecule has 1 nitrogen and oxygen atoms in total. The van der Waals surface area contributed by atoms with E-state index in [-0.39, 0.29) is 0 Å². The van der Waals surface area contributed by atoms with Crippen molar-refractivity contribution >= 4 is 34.1 Å². The van der Waals surface area contributed by atoms with Crippen LogP contribution in [0.4, 0.5) is 5.69 Å². The second kappa shape index (κ2) is 2.36. The molecule has 13 heavy (non-hydrogen) atoms. The Morgan fingerprint density at radius 3 is 2.62 bits per heavy atom. The predicted octanol–water partition coefficient (Wildman–Crippen LogP) is 3.16. The number of rotatable bonds is 0. The van der Waals surface area contributed by atoms with Gasteiger partial charge in [-0.3, -0.25) is 0 Å². The first-order valence-corrected chi connectivity index (χ1v) is 4.61. The highest BCUT2D eigenvalue weighted by atomic mass is 32.1. The average molecular weight is 185 g/mol. The van der Waals surface area contributed by atoms with E-state index in [4.69, 9.17) is 0 Å². The van der Waals surface area contributed by atoms with Crippen molar-refractivity contribution in [2.75, 3.05) is 0 Å². The monoisotopic (exact) mass is 185 g/mol. The topological polar surface area (TPSA) is 12.4 Å². The van der Waals surface area contributed by atoms with Crippen LogP contribution in [0.5, 0.6) is 0 Å². The first-order valence-electron chi connectivity index (χ1n) is 4.16. The van der Waals surface area contributed by atoms with Gasteiger partial charge >= 0.3 is 0 Å². The molecule has 2 aromatic rings. The van der Waals surface area contributed by atoms with Crippen molar-refractivity contribution in [2.24, 2.45) is 4.99 Å². The van der Waals surface area contributed by atoms with Gasteiger partial charge in [0.05, 0.1) is 5.69 Å². The van der Waals surface area contributed by atoms with Crippen LogP contribution in [0.1, 0.15) is 5.56 Å². The van der Waals surface area contributed by atoms with Gasteiger partial charge in [0.1, 0.15) is 5.04 Å². The van der Waals surface area contributed by atoms with Gasteiger partial charge in [-0.1, -0.05) is 30.3 Å². The molecule has 1 aliphatic rings. The molecule has 0 aliphatic carbocycles. The van der Waals surface area contributed by atoms with Crippen LogP contribution < -0.4 is 0 Å². The zero-order valence-corrected chi connectivity index (χ0v) is 7.75. The molecule has 0 atom stereocenters. The van der Waals surface area contributed by atoms with Gasteiger partial charge in [0, 0.05) is 10.9 Å². The molecule has 0 spiro atoms. The molecule has 1 heterocycles. The second-order valence-electron chi connectivity index (χ2n) is 3.12. The maximum Gasteiger partial charge on any atom is 0.102 e. The van der Waals surface area contributed by atoms with Crippen molar-refractivity contribution in [2.45, 2.75) is 0 Å². The lowest BCUT2D eigenvalue weighted by atomic mass is 10.1. The molecule has 0 unspecified atom stereocenters. The maximum absolute atomic E-state index is 4.38. The fourth-order valence-electron chi connectivity index (χ4n) is 1.78. The third-order valence-electron chi connectivity index (χ3n) is 2.35. The van der Waals surface area contributed by atoms with Crippen LogP contribution in [0.3, 0.4) is 0 Å². The second-order valence-corrected chi connectivity index (χ2v) is 3.54. The van der Waals surface area contributed by atoms with Crippen molar-refractivity contribution in [3.8, 4) is 0 Å². The van der Waals surface area contributed by atoms with Crippen LogP contribution in [-0.4, -0.2) is 5.04 Å². The van der Waals surface area contributed by atoms with E-state index in [1.165, 1.54) is 10.8 Å². The predicted molar refractivity (Wildman–Crippen MR) is 59.1 cm³/mol. The fourth-order valence-corrected chi connectivity index (χ4v) is 2.07. The van der Waals surface area contributed by atoms with Gasteiger partial charge in [0.25, 0.3) is 0 Å². The largest absolute Gasteiger partial charge is 0.241 e. The van der Waals surface area contributed by atoms with Crippen molar-refractivity contribution in [1.82, 2.24) is 0 Å². The minimum absolute atomic E-state index is 0.826. The molecule has 2 aromatic carbocycles. The number of aliphatic imine (C=N–C) groups is 1. The van der Waals surface area contributed by atoms with E-state index in [2.05, 4.69) is 35.8 Å². The quantitative estimate of drug-likeness (QED) is 0.605. The summed E-state index contributed by atoms with van der Waals surface area (Å²) in [5, 5.41) is 3.30. The Hall–Kier alpha value is -1.28. The molecule has 0 amide bonds. The summed E-state index contributed by atoms with van der Waals surface area (Å²) in [5.74, 6) is 0. The van der Waals surface area contributed by atoms with Crippen LogP contribution in [0.15, 0.2) is 41.4 Å². The lowest BCUT2D eigenvalue weighted by molar-refractivity contribution is 1.62. The SMILES string of the molecule is SC1=Nc2cccc3cccc1c23. The lowest BCUT2D eigenvalue weighted by Crippen LogP contribution is -1.84. The first-order chi connectivity index (χ1) is 6.36. The lowest BCUT2D eigenvalue weighted by Gasteiger charge is -1.98. The summed E-state index contributed by atoms with van der Waals surface area (Å²) in [7, 11) is 0. The summed E-state index contributed by atoms with van der Waals surface area (Å²) < 4.78 is 0. The van der Waals surface area contributed by atoms with E-state index >= 15 is 0 Å². The normalized spacial score (nSPS) is 13.5. The number of hydrogen-bond acceptors (Lipinski definition) is 1. The summed E-state index contributed by atoms with van der Waals surface area (Å²) in [5.41, 5.74) is 2.19. The minimum Gasteiger partial charge on any atom is -0.241 e. The molecule has 3 rings (SSSR count). The van der Waals surface area contributed by atoms with Gasteiger partial charge in [-0.05, 0) is 11.5 Å². The molecule has 1 aliphatic heterocycles. The van der Waals surface area contributed by atoms with E-state index in [1.807, 2.05) is 18.2 Å². The van der Waals surface area contributed by atoms with Gasteiger partial charge in [0.15, 0.2) is 0 Å². The van der Waals surface area contributed by atoms with E-state index < -0.39 is 0 Å². The summed E-state index contributed by atoms with van der Waals surface area (Å²) >= 11 is 4.34. The Bertz CT molecular complexity index is 523. The van der Waals surface area contributed by atoms with Crippen molar-refractivity contribution in [3.05, 3.63) is 42.0 Å². The molecule has 0 N–H and O–H groups in total. The summed E-state index contributed by atoms with van der Waals surface area (Å²) in [6.45, 7) is 0. The Balaban J connectivity index is 2.59. The molecule has 2 heteroatoms. The van der Waals surface area contributed by atoms with Crippen LogP contribution in [0, 0.1) is 0 Å². The van der Waals surface area contributed by atoms with Gasteiger partial charge < -0.3 is 0 Å². The third-order valence-corrected chi connectivity index (χ3v) is 2.69. The van der Waals surface area contributed by atoms with Crippen LogP contribution >= 0.6 is 12.6 Å². The molecule has 62 valence electrons. The van der Waals surface area contributed by atoms with Crippen molar-refractivity contribution in [1.29, 1.82) is 0 Å². The Morgan fingerprint density at radius 2 is 1.77 bits per heavy atom. The molecule has 0 aromatic heterocycles. The van der Waals surface area contributed by atoms with E-state index in [1.54, 1.807) is 0 Å². The molecular formula is C11H7NS. The average Bonchev–Trinajstić information content (AvgIpc) is 2.47. The van der Waals surface area contributed by atoms with Gasteiger partial charge in [-0.15, -0.1) is 12.6 Å². The Kier molecular flexibility index (Phi) is 1.30. The Labute approximate surface area is 81.5 Å². The highest BCUT2D eigenvalue weighted by Gasteiger charge is 2.14. The van der Waals surface area contributed by atoms with Gasteiger partial charge in [-0.25, -0.2) is 4.99 Å². The van der Waals surface area contributed by atoms with Crippen LogP contribution in [0.2, 0.25) is 0 Å². The number of benzene rings is 2. The Morgan fingerprint density at radius 1 is 1.00 bits per heavy atom. The molecule has 0 radical (unpaired) electrons. The summed E-state index contributed by atoms with van der Waals surface area (Å²) in [6, 6.07) is 12.4. The zero-order valence-electron chi connectivity index (χ0n) is 6.86. The van der Waals surface area contributed by atoms with Gasteiger partial charge in [0.2, 0.25) is 0 Å². The highest BCUT2D eigenvalue weighted by Crippen LogP contribution is 2.35. The molecule has 0 saturated heterocycles.